The molecule has 0 spiro atoms. The number of ether oxygens (including phenoxy) is 1. The molecule has 10 heteroatoms. The Morgan fingerprint density at radius 3 is 2.76 bits per heavy atom. The average molecular weight is 412 g/mol. The number of nitrogens with zero attached hydrogens (tertiary/aromatic N) is 3. The van der Waals surface area contributed by atoms with Gasteiger partial charge in [-0.1, -0.05) is 29.5 Å². The minimum atomic E-state index is -0.835. The summed E-state index contributed by atoms with van der Waals surface area (Å²) in [6.45, 7) is -0.567. The molecule has 0 radical (unpaired) electrons. The average Bonchev–Trinajstić information content (AvgIpc) is 3.10. The van der Waals surface area contributed by atoms with Crippen LogP contribution in [0, 0.1) is 5.82 Å². The molecule has 0 unspecified atom stereocenters. The molecule has 1 N–H and O–H groups in total. The standard InChI is InChI=1S/C19H13FN4O4S/c1-24-17(26)12-5-3-2-4-11(12)16(23-24)18(27)28-9-15(25)22-19-21-13-7-6-10(20)8-14(13)29-19/h2-8H,9H2,1H3,(H,21,22,25). The van der Waals surface area contributed by atoms with Crippen LogP contribution < -0.4 is 10.9 Å². The molecular formula is C19H13FN4O4S. The third kappa shape index (κ3) is 3.69. The monoisotopic (exact) mass is 412 g/mol. The van der Waals surface area contributed by atoms with Gasteiger partial charge in [0, 0.05) is 12.4 Å². The molecule has 2 aromatic heterocycles. The minimum Gasteiger partial charge on any atom is -0.451 e. The van der Waals surface area contributed by atoms with Crippen molar-refractivity contribution in [3.05, 3.63) is 64.3 Å². The molecule has 1 amide bonds. The summed E-state index contributed by atoms with van der Waals surface area (Å²) in [6, 6.07) is 10.6. The van der Waals surface area contributed by atoms with Crippen molar-refractivity contribution in [2.24, 2.45) is 7.05 Å². The van der Waals surface area contributed by atoms with Crippen molar-refractivity contribution in [2.45, 2.75) is 0 Å². The third-order valence-corrected chi connectivity index (χ3v) is 5.01. The summed E-state index contributed by atoms with van der Waals surface area (Å²) in [5.74, 6) is -1.84. The van der Waals surface area contributed by atoms with Gasteiger partial charge in [-0.15, -0.1) is 0 Å². The first-order valence-electron chi connectivity index (χ1n) is 8.41. The predicted molar refractivity (Wildman–Crippen MR) is 105 cm³/mol. The van der Waals surface area contributed by atoms with Gasteiger partial charge in [-0.3, -0.25) is 14.9 Å². The van der Waals surface area contributed by atoms with Gasteiger partial charge in [0.2, 0.25) is 0 Å². The number of anilines is 1. The number of carbonyl (C=O) groups is 2. The zero-order valence-corrected chi connectivity index (χ0v) is 15.8. The topological polar surface area (TPSA) is 103 Å². The Labute approximate surface area is 166 Å². The fourth-order valence-electron chi connectivity index (χ4n) is 2.76. The number of aromatic nitrogens is 3. The maximum Gasteiger partial charge on any atom is 0.359 e. The second-order valence-corrected chi connectivity index (χ2v) is 7.11. The van der Waals surface area contributed by atoms with E-state index in [4.69, 9.17) is 4.74 Å². The van der Waals surface area contributed by atoms with E-state index in [0.29, 0.717) is 21.0 Å². The number of esters is 1. The van der Waals surface area contributed by atoms with Crippen LogP contribution in [0.5, 0.6) is 0 Å². The predicted octanol–water partition coefficient (Wildman–Crippen LogP) is 2.48. The number of rotatable bonds is 4. The van der Waals surface area contributed by atoms with Gasteiger partial charge in [0.05, 0.1) is 15.6 Å². The van der Waals surface area contributed by atoms with Crippen molar-refractivity contribution < 1.29 is 18.7 Å². The van der Waals surface area contributed by atoms with Crippen molar-refractivity contribution in [3.63, 3.8) is 0 Å². The third-order valence-electron chi connectivity index (χ3n) is 4.08. The zero-order chi connectivity index (χ0) is 20.5. The fourth-order valence-corrected chi connectivity index (χ4v) is 3.66. The molecule has 0 bridgehead atoms. The lowest BCUT2D eigenvalue weighted by atomic mass is 10.1. The number of aryl methyl sites for hydroxylation is 1. The van der Waals surface area contributed by atoms with Crippen molar-refractivity contribution in [1.29, 1.82) is 0 Å². The van der Waals surface area contributed by atoms with E-state index in [1.807, 2.05) is 0 Å². The SMILES string of the molecule is Cn1nc(C(=O)OCC(=O)Nc2nc3ccc(F)cc3s2)c2ccccc2c1=O. The summed E-state index contributed by atoms with van der Waals surface area (Å²) in [7, 11) is 1.42. The van der Waals surface area contributed by atoms with Gasteiger partial charge >= 0.3 is 5.97 Å². The van der Waals surface area contributed by atoms with Crippen LogP contribution in [0.4, 0.5) is 9.52 Å². The maximum atomic E-state index is 13.3. The number of benzene rings is 2. The molecule has 4 aromatic rings. The van der Waals surface area contributed by atoms with E-state index in [-0.39, 0.29) is 16.4 Å². The van der Waals surface area contributed by atoms with Crippen molar-refractivity contribution in [2.75, 3.05) is 11.9 Å². The Morgan fingerprint density at radius 1 is 1.21 bits per heavy atom. The fraction of sp³-hybridized carbons (Fsp3) is 0.105. The van der Waals surface area contributed by atoms with Crippen LogP contribution in [-0.2, 0) is 16.6 Å². The number of fused-ring (bicyclic) bond motifs is 2. The molecule has 4 rings (SSSR count). The van der Waals surface area contributed by atoms with Crippen LogP contribution in [0.3, 0.4) is 0 Å². The van der Waals surface area contributed by atoms with Gasteiger partial charge in [0.25, 0.3) is 11.5 Å². The van der Waals surface area contributed by atoms with Crippen molar-refractivity contribution >= 4 is 49.3 Å². The number of hydrogen-bond acceptors (Lipinski definition) is 7. The smallest absolute Gasteiger partial charge is 0.359 e. The minimum absolute atomic E-state index is 0.0639. The molecular weight excluding hydrogens is 399 g/mol. The highest BCUT2D eigenvalue weighted by Gasteiger charge is 2.18. The number of hydrogen-bond donors (Lipinski definition) is 1. The van der Waals surface area contributed by atoms with Gasteiger partial charge in [0.1, 0.15) is 5.82 Å². The van der Waals surface area contributed by atoms with Gasteiger partial charge in [-0.25, -0.2) is 18.9 Å². The highest BCUT2D eigenvalue weighted by atomic mass is 32.1. The summed E-state index contributed by atoms with van der Waals surface area (Å²) < 4.78 is 19.9. The van der Waals surface area contributed by atoms with E-state index < -0.39 is 24.3 Å². The van der Waals surface area contributed by atoms with Crippen LogP contribution in [0.25, 0.3) is 21.0 Å². The van der Waals surface area contributed by atoms with Crippen LogP contribution in [-0.4, -0.2) is 33.2 Å². The molecule has 0 saturated carbocycles. The maximum absolute atomic E-state index is 13.3. The van der Waals surface area contributed by atoms with Crippen LogP contribution in [0.15, 0.2) is 47.3 Å². The highest BCUT2D eigenvalue weighted by molar-refractivity contribution is 7.22. The van der Waals surface area contributed by atoms with Crippen LogP contribution in [0.1, 0.15) is 10.5 Å². The largest absolute Gasteiger partial charge is 0.451 e. The molecule has 0 aliphatic rings. The molecule has 0 fully saturated rings. The molecule has 29 heavy (non-hydrogen) atoms. The Morgan fingerprint density at radius 2 is 1.97 bits per heavy atom. The summed E-state index contributed by atoms with van der Waals surface area (Å²) in [6.07, 6.45) is 0. The molecule has 0 saturated heterocycles. The van der Waals surface area contributed by atoms with Crippen LogP contribution in [0.2, 0.25) is 0 Å². The highest BCUT2D eigenvalue weighted by Crippen LogP contribution is 2.26. The lowest BCUT2D eigenvalue weighted by Gasteiger charge is -2.08. The Bertz CT molecular complexity index is 1330. The number of nitrogens with one attached hydrogen (secondary N) is 1. The molecule has 8 nitrogen and oxygen atoms in total. The Balaban J connectivity index is 1.48. The number of halogens is 1. The summed E-state index contributed by atoms with van der Waals surface area (Å²) in [5.41, 5.74) is 0.137. The molecule has 0 aliphatic heterocycles. The van der Waals surface area contributed by atoms with E-state index in [2.05, 4.69) is 15.4 Å². The Kier molecular flexibility index (Phi) is 4.77. The second kappa shape index (κ2) is 7.40. The van der Waals surface area contributed by atoms with Gasteiger partial charge < -0.3 is 4.74 Å². The number of thiazole rings is 1. The molecule has 2 aromatic carbocycles. The molecule has 2 heterocycles. The zero-order valence-electron chi connectivity index (χ0n) is 15.0. The summed E-state index contributed by atoms with van der Waals surface area (Å²) >= 11 is 1.10. The quantitative estimate of drug-likeness (QED) is 0.517. The van der Waals surface area contributed by atoms with Crippen molar-refractivity contribution in [3.8, 4) is 0 Å². The number of amides is 1. The molecule has 0 atom stereocenters. The van der Waals surface area contributed by atoms with Crippen LogP contribution >= 0.6 is 11.3 Å². The summed E-state index contributed by atoms with van der Waals surface area (Å²) in [4.78, 5) is 40.8. The van der Waals surface area contributed by atoms with E-state index in [1.165, 1.54) is 25.2 Å². The Hall–Kier alpha value is -3.66. The van der Waals surface area contributed by atoms with Gasteiger partial charge in [-0.05, 0) is 24.3 Å². The second-order valence-electron chi connectivity index (χ2n) is 6.08. The lowest BCUT2D eigenvalue weighted by Crippen LogP contribution is -2.26. The number of carbonyl (C=O) groups excluding carboxylic acids is 2. The van der Waals surface area contributed by atoms with Crippen molar-refractivity contribution in [1.82, 2.24) is 14.8 Å². The first-order chi connectivity index (χ1) is 13.9. The van der Waals surface area contributed by atoms with E-state index in [1.54, 1.807) is 24.3 Å². The lowest BCUT2D eigenvalue weighted by molar-refractivity contribution is -0.119. The summed E-state index contributed by atoms with van der Waals surface area (Å²) in [5, 5.41) is 7.39. The van der Waals surface area contributed by atoms with E-state index in [0.717, 1.165) is 16.0 Å². The van der Waals surface area contributed by atoms with Gasteiger partial charge in [0.15, 0.2) is 17.4 Å². The first-order valence-corrected chi connectivity index (χ1v) is 9.23. The first kappa shape index (κ1) is 18.7. The van der Waals surface area contributed by atoms with E-state index in [9.17, 15) is 18.8 Å². The molecule has 0 aliphatic carbocycles. The molecule has 146 valence electrons. The van der Waals surface area contributed by atoms with E-state index >= 15 is 0 Å². The normalized spacial score (nSPS) is 11.0. The van der Waals surface area contributed by atoms with Gasteiger partial charge in [-0.2, -0.15) is 5.10 Å².